The number of esters is 1. The van der Waals surface area contributed by atoms with Crippen molar-refractivity contribution in [2.75, 3.05) is 42.2 Å². The highest BCUT2D eigenvalue weighted by molar-refractivity contribution is 6.18. The highest BCUT2D eigenvalue weighted by Gasteiger charge is 2.16. The fourth-order valence-corrected chi connectivity index (χ4v) is 2.82. The van der Waals surface area contributed by atoms with E-state index in [1.807, 2.05) is 17.0 Å². The molecule has 1 aromatic carbocycles. The summed E-state index contributed by atoms with van der Waals surface area (Å²) in [6.07, 6.45) is 0. The molecule has 0 aliphatic carbocycles. The van der Waals surface area contributed by atoms with Gasteiger partial charge in [-0.1, -0.05) is 0 Å². The number of amides is 1. The van der Waals surface area contributed by atoms with Crippen LogP contribution in [0.5, 0.6) is 0 Å². The number of carbonyl (C=O) groups excluding carboxylic acids is 2. The van der Waals surface area contributed by atoms with Crippen LogP contribution in [0.1, 0.15) is 20.8 Å². The van der Waals surface area contributed by atoms with Gasteiger partial charge in [-0.15, -0.1) is 23.2 Å². The average molecular weight is 399 g/mol. The number of nitrogens with zero attached hydrogens (tertiary/aromatic N) is 3. The number of aryl methyl sites for hydroxylation is 1. The predicted octanol–water partition coefficient (Wildman–Crippen LogP) is 2.74. The number of aromatic nitrogens is 2. The Bertz CT molecular complexity index is 756. The Balaban J connectivity index is 2.09. The van der Waals surface area contributed by atoms with Crippen molar-refractivity contribution in [2.24, 2.45) is 7.05 Å². The SMILES string of the molecule is COC(=O)c1cc(NC(=O)c2ccc(N(CCCl)CCCl)cc2)nn1C. The molecule has 1 aromatic heterocycles. The van der Waals surface area contributed by atoms with E-state index in [0.29, 0.717) is 30.4 Å². The van der Waals surface area contributed by atoms with Gasteiger partial charge < -0.3 is 15.0 Å². The monoisotopic (exact) mass is 398 g/mol. The topological polar surface area (TPSA) is 76.5 Å². The number of methoxy groups -OCH3 is 1. The fourth-order valence-electron chi connectivity index (χ4n) is 2.41. The molecule has 7 nitrogen and oxygen atoms in total. The third-order valence-corrected chi connectivity index (χ3v) is 4.06. The van der Waals surface area contributed by atoms with Gasteiger partial charge in [0.25, 0.3) is 5.91 Å². The normalized spacial score (nSPS) is 10.5. The number of nitrogens with one attached hydrogen (secondary N) is 1. The molecule has 0 atom stereocenters. The molecule has 0 fully saturated rings. The van der Waals surface area contributed by atoms with E-state index < -0.39 is 5.97 Å². The van der Waals surface area contributed by atoms with Gasteiger partial charge in [-0.3, -0.25) is 9.48 Å². The molecule has 1 amide bonds. The number of benzene rings is 1. The number of halogens is 2. The molecule has 1 N–H and O–H groups in total. The molecule has 9 heteroatoms. The molecule has 140 valence electrons. The molecule has 26 heavy (non-hydrogen) atoms. The number of ether oxygens (including phenoxy) is 1. The Morgan fingerprint density at radius 3 is 2.35 bits per heavy atom. The van der Waals surface area contributed by atoms with Crippen LogP contribution < -0.4 is 10.2 Å². The van der Waals surface area contributed by atoms with Crippen molar-refractivity contribution in [3.63, 3.8) is 0 Å². The summed E-state index contributed by atoms with van der Waals surface area (Å²) in [5.41, 5.74) is 1.65. The van der Waals surface area contributed by atoms with E-state index in [1.165, 1.54) is 17.9 Å². The highest BCUT2D eigenvalue weighted by atomic mass is 35.5. The largest absolute Gasteiger partial charge is 0.464 e. The van der Waals surface area contributed by atoms with E-state index in [9.17, 15) is 9.59 Å². The van der Waals surface area contributed by atoms with Crippen LogP contribution in [0.4, 0.5) is 11.5 Å². The van der Waals surface area contributed by atoms with Crippen molar-refractivity contribution < 1.29 is 14.3 Å². The van der Waals surface area contributed by atoms with E-state index >= 15 is 0 Å². The van der Waals surface area contributed by atoms with Gasteiger partial charge in [0.2, 0.25) is 0 Å². The number of rotatable bonds is 8. The van der Waals surface area contributed by atoms with E-state index in [2.05, 4.69) is 15.2 Å². The summed E-state index contributed by atoms with van der Waals surface area (Å²) >= 11 is 11.6. The summed E-state index contributed by atoms with van der Waals surface area (Å²) in [5, 5.41) is 6.75. The van der Waals surface area contributed by atoms with E-state index in [1.54, 1.807) is 19.2 Å². The third-order valence-electron chi connectivity index (χ3n) is 3.72. The van der Waals surface area contributed by atoms with Gasteiger partial charge in [-0.05, 0) is 24.3 Å². The Labute approximate surface area is 161 Å². The first-order valence-corrected chi connectivity index (χ1v) is 8.97. The lowest BCUT2D eigenvalue weighted by molar-refractivity contribution is 0.0588. The Morgan fingerprint density at radius 2 is 1.81 bits per heavy atom. The Hall–Kier alpha value is -2.25. The van der Waals surface area contributed by atoms with Gasteiger partial charge in [0.05, 0.1) is 7.11 Å². The molecule has 2 aromatic rings. The van der Waals surface area contributed by atoms with Crippen LogP contribution in [-0.4, -0.2) is 53.6 Å². The Kier molecular flexibility index (Phi) is 7.29. The minimum Gasteiger partial charge on any atom is -0.464 e. The lowest BCUT2D eigenvalue weighted by Crippen LogP contribution is -2.27. The number of alkyl halides is 2. The number of carbonyl (C=O) groups is 2. The van der Waals surface area contributed by atoms with Gasteiger partial charge in [0, 0.05) is 49.2 Å². The summed E-state index contributed by atoms with van der Waals surface area (Å²) in [4.78, 5) is 26.0. The van der Waals surface area contributed by atoms with Crippen LogP contribution in [-0.2, 0) is 11.8 Å². The predicted molar refractivity (Wildman–Crippen MR) is 103 cm³/mol. The first-order valence-electron chi connectivity index (χ1n) is 7.90. The van der Waals surface area contributed by atoms with Crippen molar-refractivity contribution in [1.82, 2.24) is 9.78 Å². The molecule has 1 heterocycles. The quantitative estimate of drug-likeness (QED) is 0.546. The highest BCUT2D eigenvalue weighted by Crippen LogP contribution is 2.17. The molecule has 0 unspecified atom stereocenters. The minimum atomic E-state index is -0.525. The van der Waals surface area contributed by atoms with Crippen molar-refractivity contribution >= 4 is 46.6 Å². The number of anilines is 2. The van der Waals surface area contributed by atoms with Gasteiger partial charge in [0.15, 0.2) is 5.82 Å². The molecule has 0 aliphatic heterocycles. The summed E-state index contributed by atoms with van der Waals surface area (Å²) in [6, 6.07) is 8.56. The molecule has 0 spiro atoms. The van der Waals surface area contributed by atoms with Crippen LogP contribution in [0, 0.1) is 0 Å². The van der Waals surface area contributed by atoms with Crippen LogP contribution in [0.25, 0.3) is 0 Å². The van der Waals surface area contributed by atoms with Crippen LogP contribution >= 0.6 is 23.2 Å². The van der Waals surface area contributed by atoms with Crippen molar-refractivity contribution in [1.29, 1.82) is 0 Å². The van der Waals surface area contributed by atoms with Crippen molar-refractivity contribution in [2.45, 2.75) is 0 Å². The van der Waals surface area contributed by atoms with Crippen molar-refractivity contribution in [3.8, 4) is 0 Å². The standard InChI is InChI=1S/C17H20Cl2N4O3/c1-22-14(17(25)26-2)11-15(21-22)20-16(24)12-3-5-13(6-4-12)23(9-7-18)10-8-19/h3-6,11H,7-10H2,1-2H3,(H,20,21,24). The second-order valence-corrected chi connectivity index (χ2v) is 6.15. The van der Waals surface area contributed by atoms with Crippen molar-refractivity contribution in [3.05, 3.63) is 41.6 Å². The second kappa shape index (κ2) is 9.45. The van der Waals surface area contributed by atoms with Gasteiger partial charge in [0.1, 0.15) is 5.69 Å². The summed E-state index contributed by atoms with van der Waals surface area (Å²) in [5.74, 6) is 0.395. The van der Waals surface area contributed by atoms with Gasteiger partial charge in [-0.25, -0.2) is 4.79 Å². The molecule has 0 saturated carbocycles. The maximum Gasteiger partial charge on any atom is 0.356 e. The summed E-state index contributed by atoms with van der Waals surface area (Å²) < 4.78 is 6.01. The molecule has 0 bridgehead atoms. The summed E-state index contributed by atoms with van der Waals surface area (Å²) in [7, 11) is 2.88. The number of hydrogen-bond donors (Lipinski definition) is 1. The van der Waals surface area contributed by atoms with Crippen LogP contribution in [0.15, 0.2) is 30.3 Å². The molecule has 0 aliphatic rings. The first-order chi connectivity index (χ1) is 12.5. The molecule has 0 saturated heterocycles. The average Bonchev–Trinajstić information content (AvgIpc) is 3.01. The maximum atomic E-state index is 12.4. The smallest absolute Gasteiger partial charge is 0.356 e. The zero-order valence-corrected chi connectivity index (χ0v) is 16.0. The fraction of sp³-hybridized carbons (Fsp3) is 0.353. The van der Waals surface area contributed by atoms with E-state index in [0.717, 1.165) is 5.69 Å². The molecule has 0 radical (unpaired) electrons. The first kappa shape index (κ1) is 20.1. The molecular weight excluding hydrogens is 379 g/mol. The zero-order valence-electron chi connectivity index (χ0n) is 14.5. The van der Waals surface area contributed by atoms with Gasteiger partial charge in [-0.2, -0.15) is 5.10 Å². The molecule has 2 rings (SSSR count). The Morgan fingerprint density at radius 1 is 1.19 bits per heavy atom. The lowest BCUT2D eigenvalue weighted by atomic mass is 10.2. The van der Waals surface area contributed by atoms with E-state index in [-0.39, 0.29) is 17.4 Å². The van der Waals surface area contributed by atoms with E-state index in [4.69, 9.17) is 23.2 Å². The maximum absolute atomic E-state index is 12.4. The molecular formula is C17H20Cl2N4O3. The lowest BCUT2D eigenvalue weighted by Gasteiger charge is -2.22. The van der Waals surface area contributed by atoms with Crippen LogP contribution in [0.3, 0.4) is 0 Å². The zero-order chi connectivity index (χ0) is 19.1. The third kappa shape index (κ3) is 4.89. The summed E-state index contributed by atoms with van der Waals surface area (Å²) in [6.45, 7) is 1.34. The minimum absolute atomic E-state index is 0.246. The van der Waals surface area contributed by atoms with Gasteiger partial charge >= 0.3 is 5.97 Å². The number of hydrogen-bond acceptors (Lipinski definition) is 5. The van der Waals surface area contributed by atoms with Crippen LogP contribution in [0.2, 0.25) is 0 Å². The second-order valence-electron chi connectivity index (χ2n) is 5.40.